The molecule has 1 N–H and O–H groups in total. The Labute approximate surface area is 148 Å². The molecule has 1 amide bonds. The monoisotopic (exact) mass is 337 g/mol. The summed E-state index contributed by atoms with van der Waals surface area (Å²) in [6, 6.07) is 11.5. The molecule has 1 saturated carbocycles. The molecule has 1 unspecified atom stereocenters. The highest BCUT2D eigenvalue weighted by molar-refractivity contribution is 5.94. The number of piperazine rings is 1. The smallest absolute Gasteiger partial charge is 0.254 e. The average molecular weight is 337 g/mol. The van der Waals surface area contributed by atoms with Crippen molar-refractivity contribution in [1.29, 1.82) is 0 Å². The molecular formula is C20H23N3O2. The van der Waals surface area contributed by atoms with Crippen molar-refractivity contribution in [2.24, 2.45) is 5.92 Å². The van der Waals surface area contributed by atoms with E-state index in [0.29, 0.717) is 12.1 Å². The lowest BCUT2D eigenvalue weighted by molar-refractivity contribution is 0.0634. The van der Waals surface area contributed by atoms with Gasteiger partial charge >= 0.3 is 0 Å². The van der Waals surface area contributed by atoms with E-state index in [1.165, 1.54) is 12.8 Å². The van der Waals surface area contributed by atoms with Crippen LogP contribution in [0.1, 0.15) is 34.8 Å². The fraction of sp³-hybridized carbons (Fsp3) is 0.400. The molecule has 1 saturated heterocycles. The van der Waals surface area contributed by atoms with Gasteiger partial charge in [0.1, 0.15) is 5.75 Å². The Morgan fingerprint density at radius 3 is 2.80 bits per heavy atom. The first kappa shape index (κ1) is 16.1. The van der Waals surface area contributed by atoms with E-state index < -0.39 is 0 Å². The van der Waals surface area contributed by atoms with Gasteiger partial charge in [0.2, 0.25) is 0 Å². The second-order valence-electron chi connectivity index (χ2n) is 6.78. The Balaban J connectivity index is 1.47. The quantitative estimate of drug-likeness (QED) is 0.911. The summed E-state index contributed by atoms with van der Waals surface area (Å²) in [6.07, 6.45) is 6.14. The minimum atomic E-state index is 0.0146. The topological polar surface area (TPSA) is 54.5 Å². The van der Waals surface area contributed by atoms with E-state index in [1.807, 2.05) is 47.5 Å². The maximum absolute atomic E-state index is 13.0. The van der Waals surface area contributed by atoms with Crippen LogP contribution in [-0.4, -0.2) is 42.0 Å². The zero-order chi connectivity index (χ0) is 17.1. The molecule has 1 aliphatic heterocycles. The lowest BCUT2D eigenvalue weighted by atomic mass is 10.0. The van der Waals surface area contributed by atoms with Gasteiger partial charge in [-0.05, 0) is 54.7 Å². The molecule has 1 atom stereocenters. The number of aromatic nitrogens is 1. The van der Waals surface area contributed by atoms with Crippen LogP contribution in [0, 0.1) is 5.92 Å². The van der Waals surface area contributed by atoms with E-state index in [2.05, 4.69) is 10.3 Å². The van der Waals surface area contributed by atoms with Gasteiger partial charge in [-0.1, -0.05) is 6.07 Å². The standard InChI is InChI=1S/C20H23N3O2/c24-20(16-5-7-18(8-6-16)25-14-15-3-4-15)23-11-10-22-13-19(23)17-2-1-9-21-12-17/h1-2,5-9,12,15,19,22H,3-4,10-11,13-14H2. The summed E-state index contributed by atoms with van der Waals surface area (Å²) >= 11 is 0. The maximum Gasteiger partial charge on any atom is 0.254 e. The lowest BCUT2D eigenvalue weighted by Crippen LogP contribution is -2.48. The van der Waals surface area contributed by atoms with Crippen molar-refractivity contribution >= 4 is 5.91 Å². The van der Waals surface area contributed by atoms with E-state index >= 15 is 0 Å². The van der Waals surface area contributed by atoms with Crippen LogP contribution in [0.25, 0.3) is 0 Å². The Morgan fingerprint density at radius 2 is 2.08 bits per heavy atom. The van der Waals surface area contributed by atoms with Gasteiger partial charge < -0.3 is 15.0 Å². The summed E-state index contributed by atoms with van der Waals surface area (Å²) in [5.74, 6) is 1.62. The number of pyridine rings is 1. The molecule has 1 aromatic carbocycles. The van der Waals surface area contributed by atoms with Crippen LogP contribution in [0.3, 0.4) is 0 Å². The van der Waals surface area contributed by atoms with Crippen molar-refractivity contribution in [1.82, 2.24) is 15.2 Å². The third-order valence-electron chi connectivity index (χ3n) is 4.86. The van der Waals surface area contributed by atoms with Crippen LogP contribution >= 0.6 is 0 Å². The van der Waals surface area contributed by atoms with Crippen LogP contribution in [0.2, 0.25) is 0 Å². The summed E-state index contributed by atoms with van der Waals surface area (Å²) in [5.41, 5.74) is 1.77. The molecule has 4 rings (SSSR count). The second kappa shape index (κ2) is 7.23. The van der Waals surface area contributed by atoms with Crippen LogP contribution < -0.4 is 10.1 Å². The Hall–Kier alpha value is -2.40. The first-order valence-corrected chi connectivity index (χ1v) is 8.96. The molecular weight excluding hydrogens is 314 g/mol. The number of carbonyl (C=O) groups excluding carboxylic acids is 1. The number of rotatable bonds is 5. The van der Waals surface area contributed by atoms with Gasteiger partial charge in [0, 0.05) is 37.6 Å². The third kappa shape index (κ3) is 3.82. The van der Waals surface area contributed by atoms with Crippen molar-refractivity contribution in [3.05, 3.63) is 59.9 Å². The van der Waals surface area contributed by atoms with Crippen molar-refractivity contribution in [2.75, 3.05) is 26.2 Å². The van der Waals surface area contributed by atoms with E-state index in [-0.39, 0.29) is 11.9 Å². The number of hydrogen-bond acceptors (Lipinski definition) is 4. The lowest BCUT2D eigenvalue weighted by Gasteiger charge is -2.36. The molecule has 2 fully saturated rings. The van der Waals surface area contributed by atoms with Crippen LogP contribution in [0.4, 0.5) is 0 Å². The number of carbonyl (C=O) groups is 1. The zero-order valence-electron chi connectivity index (χ0n) is 14.2. The van der Waals surface area contributed by atoms with Gasteiger partial charge in [-0.15, -0.1) is 0 Å². The molecule has 2 aromatic rings. The predicted molar refractivity (Wildman–Crippen MR) is 95.5 cm³/mol. The van der Waals surface area contributed by atoms with Gasteiger partial charge in [-0.3, -0.25) is 9.78 Å². The highest BCUT2D eigenvalue weighted by Gasteiger charge is 2.28. The summed E-state index contributed by atoms with van der Waals surface area (Å²) in [6.45, 7) is 3.04. The molecule has 0 radical (unpaired) electrons. The summed E-state index contributed by atoms with van der Waals surface area (Å²) in [4.78, 5) is 19.1. The molecule has 130 valence electrons. The molecule has 25 heavy (non-hydrogen) atoms. The first-order valence-electron chi connectivity index (χ1n) is 8.96. The van der Waals surface area contributed by atoms with Crippen molar-refractivity contribution in [2.45, 2.75) is 18.9 Å². The van der Waals surface area contributed by atoms with Crippen molar-refractivity contribution in [3.8, 4) is 5.75 Å². The van der Waals surface area contributed by atoms with Gasteiger partial charge in [-0.25, -0.2) is 0 Å². The Kier molecular flexibility index (Phi) is 4.65. The second-order valence-corrected chi connectivity index (χ2v) is 6.78. The summed E-state index contributed by atoms with van der Waals surface area (Å²) < 4.78 is 5.76. The average Bonchev–Trinajstić information content (AvgIpc) is 3.51. The van der Waals surface area contributed by atoms with E-state index in [0.717, 1.165) is 36.9 Å². The van der Waals surface area contributed by atoms with E-state index in [9.17, 15) is 4.79 Å². The number of ether oxygens (including phenoxy) is 1. The zero-order valence-corrected chi connectivity index (χ0v) is 14.2. The fourth-order valence-corrected chi connectivity index (χ4v) is 3.18. The summed E-state index contributed by atoms with van der Waals surface area (Å²) in [5, 5.41) is 3.37. The normalized spacial score (nSPS) is 20.3. The molecule has 5 nitrogen and oxygen atoms in total. The largest absolute Gasteiger partial charge is 0.493 e. The van der Waals surface area contributed by atoms with Gasteiger partial charge in [0.25, 0.3) is 5.91 Å². The maximum atomic E-state index is 13.0. The molecule has 5 heteroatoms. The van der Waals surface area contributed by atoms with Crippen LogP contribution in [-0.2, 0) is 0 Å². The minimum absolute atomic E-state index is 0.0146. The van der Waals surface area contributed by atoms with Crippen LogP contribution in [0.5, 0.6) is 5.75 Å². The molecule has 0 spiro atoms. The van der Waals surface area contributed by atoms with Crippen LogP contribution in [0.15, 0.2) is 48.8 Å². The molecule has 2 heterocycles. The Morgan fingerprint density at radius 1 is 1.24 bits per heavy atom. The minimum Gasteiger partial charge on any atom is -0.493 e. The third-order valence-corrected chi connectivity index (χ3v) is 4.86. The van der Waals surface area contributed by atoms with Gasteiger partial charge in [0.05, 0.1) is 12.6 Å². The van der Waals surface area contributed by atoms with E-state index in [1.54, 1.807) is 6.20 Å². The Bertz CT molecular complexity index is 713. The highest BCUT2D eigenvalue weighted by Crippen LogP contribution is 2.30. The van der Waals surface area contributed by atoms with Gasteiger partial charge in [0.15, 0.2) is 0 Å². The predicted octanol–water partition coefficient (Wildman–Crippen LogP) is 2.66. The number of nitrogens with zero attached hydrogens (tertiary/aromatic N) is 2. The summed E-state index contributed by atoms with van der Waals surface area (Å²) in [7, 11) is 0. The SMILES string of the molecule is O=C(c1ccc(OCC2CC2)cc1)N1CCNCC1c1cccnc1. The highest BCUT2D eigenvalue weighted by atomic mass is 16.5. The fourth-order valence-electron chi connectivity index (χ4n) is 3.18. The van der Waals surface area contributed by atoms with E-state index in [4.69, 9.17) is 4.74 Å². The number of hydrogen-bond donors (Lipinski definition) is 1. The molecule has 1 aromatic heterocycles. The number of benzene rings is 1. The number of amides is 1. The van der Waals surface area contributed by atoms with Gasteiger partial charge in [-0.2, -0.15) is 0 Å². The molecule has 1 aliphatic carbocycles. The van der Waals surface area contributed by atoms with Crippen molar-refractivity contribution in [3.63, 3.8) is 0 Å². The first-order chi connectivity index (χ1) is 12.3. The van der Waals surface area contributed by atoms with Crippen molar-refractivity contribution < 1.29 is 9.53 Å². The molecule has 2 aliphatic rings. The number of nitrogens with one attached hydrogen (secondary N) is 1. The molecule has 0 bridgehead atoms.